The maximum Gasteiger partial charge on any atom is 0.225 e. The Morgan fingerprint density at radius 2 is 1.82 bits per heavy atom. The standard InChI is InChI=1S/C24H20Cl2FN5O2/c25-15-1-2-18(26)16(9-15)23-22-20(3-6-34-23)30-21-10-19(27)17(13-32(21)22)14-11-28-24(29-12-14)31-4-7-33-8-5-31/h1-2,9-13,23H,3-8H2. The van der Waals surface area contributed by atoms with Crippen LogP contribution in [0.4, 0.5) is 10.3 Å². The van der Waals surface area contributed by atoms with Crippen LogP contribution in [0.3, 0.4) is 0 Å². The van der Waals surface area contributed by atoms with Crippen LogP contribution in [-0.2, 0) is 15.9 Å². The first kappa shape index (κ1) is 21.7. The molecule has 0 saturated carbocycles. The number of ether oxygens (including phenoxy) is 2. The molecule has 5 heterocycles. The molecule has 3 aromatic heterocycles. The maximum absolute atomic E-state index is 15.2. The fourth-order valence-electron chi connectivity index (χ4n) is 4.50. The monoisotopic (exact) mass is 499 g/mol. The number of nitrogens with zero attached hydrogens (tertiary/aromatic N) is 5. The summed E-state index contributed by atoms with van der Waals surface area (Å²) in [6.07, 6.45) is 5.17. The van der Waals surface area contributed by atoms with Gasteiger partial charge in [-0.15, -0.1) is 0 Å². The van der Waals surface area contributed by atoms with Gasteiger partial charge in [0.05, 0.1) is 31.2 Å². The van der Waals surface area contributed by atoms with Gasteiger partial charge in [0.15, 0.2) is 0 Å². The summed E-state index contributed by atoms with van der Waals surface area (Å²) in [5.41, 5.74) is 3.88. The van der Waals surface area contributed by atoms with Crippen molar-refractivity contribution in [3.63, 3.8) is 0 Å². The molecule has 7 nitrogen and oxygen atoms in total. The summed E-state index contributed by atoms with van der Waals surface area (Å²) in [6, 6.07) is 6.71. The van der Waals surface area contributed by atoms with Crippen LogP contribution < -0.4 is 4.90 Å². The van der Waals surface area contributed by atoms with E-state index in [1.165, 1.54) is 6.07 Å². The molecule has 34 heavy (non-hydrogen) atoms. The summed E-state index contributed by atoms with van der Waals surface area (Å²) >= 11 is 12.7. The Kier molecular flexibility index (Phi) is 5.61. The molecule has 1 unspecified atom stereocenters. The zero-order valence-electron chi connectivity index (χ0n) is 18.0. The number of hydrogen-bond donors (Lipinski definition) is 0. The Bertz CT molecular complexity index is 1370. The molecule has 2 aliphatic heterocycles. The number of pyridine rings is 1. The minimum absolute atomic E-state index is 0.378. The van der Waals surface area contributed by atoms with Crippen LogP contribution in [0, 0.1) is 5.82 Å². The van der Waals surface area contributed by atoms with Crippen LogP contribution in [0.5, 0.6) is 0 Å². The van der Waals surface area contributed by atoms with E-state index in [1.807, 2.05) is 4.40 Å². The van der Waals surface area contributed by atoms with Gasteiger partial charge in [-0.05, 0) is 18.2 Å². The van der Waals surface area contributed by atoms with Gasteiger partial charge in [0.25, 0.3) is 0 Å². The highest BCUT2D eigenvalue weighted by Gasteiger charge is 2.30. The molecule has 0 bridgehead atoms. The molecule has 6 rings (SSSR count). The van der Waals surface area contributed by atoms with Crippen molar-refractivity contribution >= 4 is 34.8 Å². The van der Waals surface area contributed by atoms with E-state index in [4.69, 9.17) is 32.7 Å². The Morgan fingerprint density at radius 1 is 1.03 bits per heavy atom. The van der Waals surface area contributed by atoms with Gasteiger partial charge in [-0.3, -0.25) is 4.40 Å². The Morgan fingerprint density at radius 3 is 2.62 bits per heavy atom. The minimum Gasteiger partial charge on any atom is -0.378 e. The molecule has 0 spiro atoms. The van der Waals surface area contributed by atoms with E-state index in [1.54, 1.807) is 36.8 Å². The third-order valence-corrected chi connectivity index (χ3v) is 6.76. The van der Waals surface area contributed by atoms with Crippen molar-refractivity contribution in [1.29, 1.82) is 0 Å². The number of benzene rings is 1. The van der Waals surface area contributed by atoms with Crippen LogP contribution in [-0.4, -0.2) is 52.3 Å². The van der Waals surface area contributed by atoms with Gasteiger partial charge in [0.2, 0.25) is 5.95 Å². The zero-order valence-corrected chi connectivity index (χ0v) is 19.6. The summed E-state index contributed by atoms with van der Waals surface area (Å²) in [5, 5.41) is 1.11. The van der Waals surface area contributed by atoms with Crippen LogP contribution in [0.2, 0.25) is 10.0 Å². The fraction of sp³-hybridized carbons (Fsp3) is 0.292. The van der Waals surface area contributed by atoms with Crippen molar-refractivity contribution in [2.75, 3.05) is 37.8 Å². The first-order valence-electron chi connectivity index (χ1n) is 11.0. The van der Waals surface area contributed by atoms with Crippen LogP contribution in [0.1, 0.15) is 23.1 Å². The van der Waals surface area contributed by atoms with Gasteiger partial charge in [0, 0.05) is 70.9 Å². The van der Waals surface area contributed by atoms with Gasteiger partial charge in [-0.1, -0.05) is 23.2 Å². The Balaban J connectivity index is 1.43. The molecule has 1 saturated heterocycles. The van der Waals surface area contributed by atoms with E-state index in [2.05, 4.69) is 19.9 Å². The second-order valence-electron chi connectivity index (χ2n) is 8.24. The Labute approximate surface area is 205 Å². The third-order valence-electron chi connectivity index (χ3n) is 6.18. The molecule has 1 fully saturated rings. The number of anilines is 1. The molecule has 2 aliphatic rings. The van der Waals surface area contributed by atoms with Crippen molar-refractivity contribution in [2.24, 2.45) is 0 Å². The van der Waals surface area contributed by atoms with E-state index in [-0.39, 0.29) is 0 Å². The summed E-state index contributed by atoms with van der Waals surface area (Å²) in [4.78, 5) is 15.7. The lowest BCUT2D eigenvalue weighted by molar-refractivity contribution is 0.0655. The molecule has 0 aliphatic carbocycles. The summed E-state index contributed by atoms with van der Waals surface area (Å²) in [7, 11) is 0. The topological polar surface area (TPSA) is 64.8 Å². The molecular weight excluding hydrogens is 480 g/mol. The maximum atomic E-state index is 15.2. The van der Waals surface area contributed by atoms with E-state index < -0.39 is 11.9 Å². The van der Waals surface area contributed by atoms with E-state index in [0.717, 1.165) is 30.0 Å². The van der Waals surface area contributed by atoms with E-state index >= 15 is 4.39 Å². The molecule has 1 aromatic carbocycles. The second kappa shape index (κ2) is 8.78. The molecular formula is C24H20Cl2FN5O2. The van der Waals surface area contributed by atoms with Crippen molar-refractivity contribution in [1.82, 2.24) is 19.4 Å². The van der Waals surface area contributed by atoms with Crippen LogP contribution in [0.15, 0.2) is 42.9 Å². The van der Waals surface area contributed by atoms with Gasteiger partial charge in [-0.25, -0.2) is 19.3 Å². The van der Waals surface area contributed by atoms with Crippen LogP contribution in [0.25, 0.3) is 16.8 Å². The largest absolute Gasteiger partial charge is 0.378 e. The lowest BCUT2D eigenvalue weighted by Gasteiger charge is -2.26. The highest BCUT2D eigenvalue weighted by Crippen LogP contribution is 2.38. The predicted molar refractivity (Wildman–Crippen MR) is 127 cm³/mol. The minimum atomic E-state index is -0.469. The molecule has 4 aromatic rings. The van der Waals surface area contributed by atoms with Crippen LogP contribution >= 0.6 is 23.2 Å². The third kappa shape index (κ3) is 3.80. The summed E-state index contributed by atoms with van der Waals surface area (Å²) < 4.78 is 28.5. The van der Waals surface area contributed by atoms with Crippen molar-refractivity contribution in [3.05, 3.63) is 75.7 Å². The first-order valence-corrected chi connectivity index (χ1v) is 11.8. The predicted octanol–water partition coefficient (Wildman–Crippen LogP) is 4.74. The zero-order chi connectivity index (χ0) is 23.2. The number of aromatic nitrogens is 4. The molecule has 1 atom stereocenters. The highest BCUT2D eigenvalue weighted by molar-refractivity contribution is 6.33. The summed E-state index contributed by atoms with van der Waals surface area (Å²) in [6.45, 7) is 3.23. The molecule has 0 amide bonds. The van der Waals surface area contributed by atoms with E-state index in [9.17, 15) is 0 Å². The number of hydrogen-bond acceptors (Lipinski definition) is 6. The number of morpholine rings is 1. The number of halogens is 3. The lowest BCUT2D eigenvalue weighted by atomic mass is 10.0. The highest BCUT2D eigenvalue weighted by atomic mass is 35.5. The lowest BCUT2D eigenvalue weighted by Crippen LogP contribution is -2.37. The first-order chi connectivity index (χ1) is 16.6. The average Bonchev–Trinajstić information content (AvgIpc) is 3.23. The van der Waals surface area contributed by atoms with Gasteiger partial charge < -0.3 is 14.4 Å². The smallest absolute Gasteiger partial charge is 0.225 e. The molecule has 0 N–H and O–H groups in total. The SMILES string of the molecule is Fc1cc2nc3c(n2cc1-c1cnc(N2CCOCC2)nc1)C(c1cc(Cl)ccc1Cl)OCC3. The average molecular weight is 500 g/mol. The molecule has 10 heteroatoms. The Hall–Kier alpha value is -2.78. The quantitative estimate of drug-likeness (QED) is 0.405. The number of fused-ring (bicyclic) bond motifs is 3. The normalized spacial score (nSPS) is 18.3. The second-order valence-corrected chi connectivity index (χ2v) is 9.09. The van der Waals surface area contributed by atoms with Gasteiger partial charge in [-0.2, -0.15) is 0 Å². The molecule has 174 valence electrons. The number of imidazole rings is 1. The number of rotatable bonds is 3. The van der Waals surface area contributed by atoms with Crippen molar-refractivity contribution in [2.45, 2.75) is 12.5 Å². The van der Waals surface area contributed by atoms with Crippen molar-refractivity contribution in [3.8, 4) is 11.1 Å². The molecule has 0 radical (unpaired) electrons. The van der Waals surface area contributed by atoms with Gasteiger partial charge >= 0.3 is 0 Å². The summed E-state index contributed by atoms with van der Waals surface area (Å²) in [5.74, 6) is 0.216. The van der Waals surface area contributed by atoms with E-state index in [0.29, 0.717) is 59.0 Å². The fourth-order valence-corrected chi connectivity index (χ4v) is 4.89. The van der Waals surface area contributed by atoms with Gasteiger partial charge in [0.1, 0.15) is 17.6 Å². The van der Waals surface area contributed by atoms with Crippen molar-refractivity contribution < 1.29 is 13.9 Å².